The van der Waals surface area contributed by atoms with Crippen molar-refractivity contribution in [2.75, 3.05) is 0 Å². The van der Waals surface area contributed by atoms with Crippen LogP contribution in [0.1, 0.15) is 37.1 Å². The van der Waals surface area contributed by atoms with Crippen molar-refractivity contribution >= 4 is 0 Å². The molecule has 0 bridgehead atoms. The Morgan fingerprint density at radius 2 is 1.88 bits per heavy atom. The van der Waals surface area contributed by atoms with Gasteiger partial charge >= 0.3 is 6.18 Å². The molecule has 3 N–H and O–H groups in total. The Morgan fingerprint density at radius 1 is 1.25 bits per heavy atom. The number of alkyl halides is 3. The van der Waals surface area contributed by atoms with Crippen molar-refractivity contribution in [2.24, 2.45) is 5.73 Å². The normalized spacial score (nSPS) is 25.5. The number of nitrogens with one attached hydrogen (secondary N) is 1. The van der Waals surface area contributed by atoms with Crippen LogP contribution >= 0.6 is 0 Å². The van der Waals surface area contributed by atoms with Gasteiger partial charge in [-0.05, 0) is 31.7 Å². The van der Waals surface area contributed by atoms with Crippen molar-refractivity contribution in [1.29, 1.82) is 0 Å². The lowest BCUT2D eigenvalue weighted by atomic mass is 9.90. The number of nitrogens with two attached hydrogens (primary N) is 1. The van der Waals surface area contributed by atoms with E-state index in [9.17, 15) is 13.2 Å². The van der Waals surface area contributed by atoms with Crippen molar-refractivity contribution < 1.29 is 13.2 Å². The van der Waals surface area contributed by atoms with E-state index in [1.54, 1.807) is 0 Å². The highest BCUT2D eigenvalue weighted by Gasteiger charge is 2.65. The standard InChI is InChI=1S/C10H12F3N3/c11-10(12,13)7-5-6(15-16-7)8(1-2-8)9(14)3-4-9/h5H,1-4,14H2,(H,15,16). The fourth-order valence-electron chi connectivity index (χ4n) is 2.49. The largest absolute Gasteiger partial charge is 0.435 e. The number of rotatable bonds is 2. The zero-order chi connectivity index (χ0) is 11.6. The molecule has 0 radical (unpaired) electrons. The highest BCUT2D eigenvalue weighted by Crippen LogP contribution is 2.63. The Labute approximate surface area is 90.2 Å². The first-order valence-corrected chi connectivity index (χ1v) is 5.29. The Morgan fingerprint density at radius 3 is 2.25 bits per heavy atom. The Bertz CT molecular complexity index is 427. The minimum atomic E-state index is -4.38. The van der Waals surface area contributed by atoms with Gasteiger partial charge in [0.15, 0.2) is 5.69 Å². The molecule has 3 nitrogen and oxygen atoms in total. The third-order valence-electron chi connectivity index (χ3n) is 3.88. The molecule has 2 aliphatic carbocycles. The maximum Gasteiger partial charge on any atom is 0.435 e. The molecule has 2 saturated carbocycles. The molecule has 0 aliphatic heterocycles. The highest BCUT2D eigenvalue weighted by atomic mass is 19.4. The van der Waals surface area contributed by atoms with Gasteiger partial charge in [-0.1, -0.05) is 0 Å². The second-order valence-corrected chi connectivity index (χ2v) is 4.90. The first-order chi connectivity index (χ1) is 7.37. The molecule has 0 amide bonds. The van der Waals surface area contributed by atoms with Crippen LogP contribution in [-0.2, 0) is 11.6 Å². The fraction of sp³-hybridized carbons (Fsp3) is 0.700. The number of nitrogens with zero attached hydrogens (tertiary/aromatic N) is 1. The summed E-state index contributed by atoms with van der Waals surface area (Å²) in [5, 5.41) is 5.84. The van der Waals surface area contributed by atoms with E-state index in [1.807, 2.05) is 0 Å². The van der Waals surface area contributed by atoms with Crippen LogP contribution < -0.4 is 5.73 Å². The molecular weight excluding hydrogens is 219 g/mol. The van der Waals surface area contributed by atoms with Crippen LogP contribution in [0, 0.1) is 0 Å². The SMILES string of the molecule is NC1(C2(c3cc(C(F)(F)F)n[nH]3)CC2)CC1. The smallest absolute Gasteiger partial charge is 0.324 e. The van der Waals surface area contributed by atoms with E-state index in [4.69, 9.17) is 5.73 Å². The Hall–Kier alpha value is -1.04. The lowest BCUT2D eigenvalue weighted by Crippen LogP contribution is -2.37. The van der Waals surface area contributed by atoms with Crippen LogP contribution in [-0.4, -0.2) is 15.7 Å². The van der Waals surface area contributed by atoms with Crippen molar-refractivity contribution in [3.63, 3.8) is 0 Å². The summed E-state index contributed by atoms with van der Waals surface area (Å²) in [6.45, 7) is 0. The van der Waals surface area contributed by atoms with E-state index in [1.165, 1.54) is 0 Å². The minimum Gasteiger partial charge on any atom is -0.324 e. The van der Waals surface area contributed by atoms with Gasteiger partial charge in [0.25, 0.3) is 0 Å². The van der Waals surface area contributed by atoms with E-state index in [0.717, 1.165) is 31.7 Å². The molecule has 0 aromatic carbocycles. The molecular formula is C10H12F3N3. The van der Waals surface area contributed by atoms with Crippen molar-refractivity contribution in [1.82, 2.24) is 10.2 Å². The topological polar surface area (TPSA) is 54.7 Å². The fourth-order valence-corrected chi connectivity index (χ4v) is 2.49. The van der Waals surface area contributed by atoms with Gasteiger partial charge < -0.3 is 5.73 Å². The molecule has 3 rings (SSSR count). The lowest BCUT2D eigenvalue weighted by molar-refractivity contribution is -0.141. The highest BCUT2D eigenvalue weighted by molar-refractivity contribution is 5.37. The van der Waals surface area contributed by atoms with Crippen LogP contribution in [0.4, 0.5) is 13.2 Å². The van der Waals surface area contributed by atoms with Crippen molar-refractivity contribution in [3.8, 4) is 0 Å². The number of hydrogen-bond donors (Lipinski definition) is 2. The molecule has 1 aromatic heterocycles. The molecule has 2 fully saturated rings. The molecule has 88 valence electrons. The minimum absolute atomic E-state index is 0.260. The lowest BCUT2D eigenvalue weighted by Gasteiger charge is -2.20. The first-order valence-electron chi connectivity index (χ1n) is 5.29. The number of aromatic amines is 1. The van der Waals surface area contributed by atoms with E-state index in [0.29, 0.717) is 5.69 Å². The van der Waals surface area contributed by atoms with E-state index in [-0.39, 0.29) is 11.0 Å². The van der Waals surface area contributed by atoms with Gasteiger partial charge in [0.2, 0.25) is 0 Å². The molecule has 2 aliphatic rings. The number of H-pyrrole nitrogens is 1. The number of hydrogen-bond acceptors (Lipinski definition) is 2. The van der Waals surface area contributed by atoms with Crippen LogP contribution in [0.5, 0.6) is 0 Å². The van der Waals surface area contributed by atoms with Gasteiger partial charge in [-0.2, -0.15) is 18.3 Å². The summed E-state index contributed by atoms with van der Waals surface area (Å²) in [4.78, 5) is 0. The number of halogens is 3. The molecule has 0 unspecified atom stereocenters. The summed E-state index contributed by atoms with van der Waals surface area (Å²) in [6.07, 6.45) is -0.858. The van der Waals surface area contributed by atoms with Gasteiger partial charge in [0.05, 0.1) is 0 Å². The zero-order valence-corrected chi connectivity index (χ0v) is 8.56. The predicted molar refractivity (Wildman–Crippen MR) is 50.7 cm³/mol. The van der Waals surface area contributed by atoms with Crippen LogP contribution in [0.2, 0.25) is 0 Å². The summed E-state index contributed by atoms with van der Waals surface area (Å²) in [5.41, 5.74) is 5.26. The first kappa shape index (κ1) is 10.1. The molecule has 16 heavy (non-hydrogen) atoms. The van der Waals surface area contributed by atoms with E-state index < -0.39 is 11.9 Å². The molecule has 1 aromatic rings. The summed E-state index contributed by atoms with van der Waals surface area (Å²) < 4.78 is 37.2. The maximum absolute atomic E-state index is 12.4. The van der Waals surface area contributed by atoms with Gasteiger partial charge in [0.1, 0.15) is 0 Å². The second kappa shape index (κ2) is 2.61. The molecule has 1 heterocycles. The Kier molecular flexibility index (Phi) is 1.65. The van der Waals surface area contributed by atoms with E-state index in [2.05, 4.69) is 10.2 Å². The van der Waals surface area contributed by atoms with Crippen LogP contribution in [0.3, 0.4) is 0 Å². The molecule has 0 spiro atoms. The second-order valence-electron chi connectivity index (χ2n) is 4.90. The van der Waals surface area contributed by atoms with Crippen molar-refractivity contribution in [2.45, 2.75) is 42.8 Å². The summed E-state index contributed by atoms with van der Waals surface area (Å²) in [7, 11) is 0. The molecule has 0 saturated heterocycles. The summed E-state index contributed by atoms with van der Waals surface area (Å²) in [5.74, 6) is 0. The van der Waals surface area contributed by atoms with Crippen LogP contribution in [0.25, 0.3) is 0 Å². The third-order valence-corrected chi connectivity index (χ3v) is 3.88. The average molecular weight is 231 g/mol. The maximum atomic E-state index is 12.4. The average Bonchev–Trinajstić information content (AvgIpc) is 3.07. The van der Waals surface area contributed by atoms with Crippen LogP contribution in [0.15, 0.2) is 6.07 Å². The summed E-state index contributed by atoms with van der Waals surface area (Å²) >= 11 is 0. The third kappa shape index (κ3) is 1.22. The molecule has 0 atom stereocenters. The summed E-state index contributed by atoms with van der Waals surface area (Å²) in [6, 6.07) is 1.11. The van der Waals surface area contributed by atoms with Gasteiger partial charge in [-0.25, -0.2) is 0 Å². The molecule has 6 heteroatoms. The number of aromatic nitrogens is 2. The predicted octanol–water partition coefficient (Wildman–Crippen LogP) is 1.95. The van der Waals surface area contributed by atoms with Crippen molar-refractivity contribution in [3.05, 3.63) is 17.5 Å². The Balaban J connectivity index is 1.94. The van der Waals surface area contributed by atoms with Gasteiger partial charge in [-0.3, -0.25) is 5.10 Å². The van der Waals surface area contributed by atoms with Gasteiger partial charge in [0, 0.05) is 16.6 Å². The quantitative estimate of drug-likeness (QED) is 0.817. The zero-order valence-electron chi connectivity index (χ0n) is 8.56. The van der Waals surface area contributed by atoms with Gasteiger partial charge in [-0.15, -0.1) is 0 Å². The monoisotopic (exact) mass is 231 g/mol. The van der Waals surface area contributed by atoms with E-state index >= 15 is 0 Å².